The van der Waals surface area contributed by atoms with Crippen LogP contribution in [0.15, 0.2) is 36.4 Å². The van der Waals surface area contributed by atoms with Crippen molar-refractivity contribution in [3.05, 3.63) is 53.1 Å². The number of hydrogen-bond acceptors (Lipinski definition) is 6. The summed E-state index contributed by atoms with van der Waals surface area (Å²) in [6.45, 7) is 2.66. The number of nitrogens with one attached hydrogen (secondary N) is 1. The monoisotopic (exact) mass is 434 g/mol. The lowest BCUT2D eigenvalue weighted by molar-refractivity contribution is -0.143. The summed E-state index contributed by atoms with van der Waals surface area (Å²) in [5.74, 6) is 0.293. The van der Waals surface area contributed by atoms with Gasteiger partial charge in [-0.1, -0.05) is 6.07 Å². The molecule has 1 heterocycles. The van der Waals surface area contributed by atoms with Crippen LogP contribution in [-0.4, -0.2) is 30.2 Å². The number of fused-ring (bicyclic) bond motifs is 2. The molecule has 2 aromatic carbocycles. The minimum absolute atomic E-state index is 0.108. The molecule has 0 bridgehead atoms. The van der Waals surface area contributed by atoms with Gasteiger partial charge in [-0.3, -0.25) is 9.59 Å². The SMILES string of the molecule is CCOC(=O)CCCc1ccc(C#N)cc1NC(=O)[C@@H]1C[C@]12CCOc1ccc(O)cc12. The molecule has 32 heavy (non-hydrogen) atoms. The highest BCUT2D eigenvalue weighted by Crippen LogP contribution is 2.61. The molecule has 0 aromatic heterocycles. The van der Waals surface area contributed by atoms with Crippen molar-refractivity contribution in [1.29, 1.82) is 5.26 Å². The fraction of sp³-hybridized carbons (Fsp3) is 0.400. The number of hydrogen-bond donors (Lipinski definition) is 2. The van der Waals surface area contributed by atoms with Crippen molar-refractivity contribution in [2.45, 2.75) is 44.4 Å². The molecule has 2 aliphatic rings. The van der Waals surface area contributed by atoms with Crippen LogP contribution in [0.25, 0.3) is 0 Å². The van der Waals surface area contributed by atoms with Crippen LogP contribution < -0.4 is 10.1 Å². The zero-order valence-corrected chi connectivity index (χ0v) is 18.0. The molecule has 0 radical (unpaired) electrons. The number of carbonyl (C=O) groups excluding carboxylic acids is 2. The minimum Gasteiger partial charge on any atom is -0.508 e. The van der Waals surface area contributed by atoms with Crippen molar-refractivity contribution in [3.63, 3.8) is 0 Å². The maximum atomic E-state index is 13.2. The van der Waals surface area contributed by atoms with Crippen LogP contribution >= 0.6 is 0 Å². The van der Waals surface area contributed by atoms with Gasteiger partial charge in [0.2, 0.25) is 5.91 Å². The smallest absolute Gasteiger partial charge is 0.305 e. The van der Waals surface area contributed by atoms with E-state index in [0.717, 1.165) is 16.9 Å². The molecule has 7 nitrogen and oxygen atoms in total. The molecule has 0 saturated heterocycles. The minimum atomic E-state index is -0.326. The van der Waals surface area contributed by atoms with Gasteiger partial charge in [0, 0.05) is 29.0 Å². The van der Waals surface area contributed by atoms with Crippen LogP contribution in [0, 0.1) is 17.2 Å². The highest BCUT2D eigenvalue weighted by Gasteiger charge is 2.61. The van der Waals surface area contributed by atoms with Crippen LogP contribution in [0.5, 0.6) is 11.5 Å². The molecule has 166 valence electrons. The van der Waals surface area contributed by atoms with Crippen molar-refractivity contribution >= 4 is 17.6 Å². The molecule has 7 heteroatoms. The van der Waals surface area contributed by atoms with Gasteiger partial charge in [-0.05, 0) is 68.5 Å². The quantitative estimate of drug-likeness (QED) is 0.641. The molecule has 1 amide bonds. The number of aryl methyl sites for hydroxylation is 1. The van der Waals surface area contributed by atoms with E-state index in [4.69, 9.17) is 9.47 Å². The average molecular weight is 434 g/mol. The van der Waals surface area contributed by atoms with Crippen molar-refractivity contribution < 1.29 is 24.2 Å². The third-order valence-corrected chi connectivity index (χ3v) is 6.33. The number of nitrogens with zero attached hydrogens (tertiary/aromatic N) is 1. The zero-order chi connectivity index (χ0) is 22.7. The van der Waals surface area contributed by atoms with Crippen molar-refractivity contribution in [3.8, 4) is 17.6 Å². The molecule has 2 aromatic rings. The highest BCUT2D eigenvalue weighted by atomic mass is 16.5. The first-order valence-electron chi connectivity index (χ1n) is 10.9. The summed E-state index contributed by atoms with van der Waals surface area (Å²) in [7, 11) is 0. The maximum absolute atomic E-state index is 13.2. The van der Waals surface area contributed by atoms with Crippen molar-refractivity contribution in [2.24, 2.45) is 5.92 Å². The van der Waals surface area contributed by atoms with Gasteiger partial charge in [0.1, 0.15) is 11.5 Å². The molecular formula is C25H26N2O5. The number of anilines is 1. The lowest BCUT2D eigenvalue weighted by atomic mass is 9.87. The molecule has 1 saturated carbocycles. The first-order chi connectivity index (χ1) is 15.5. The fourth-order valence-electron chi connectivity index (χ4n) is 4.59. The van der Waals surface area contributed by atoms with Gasteiger partial charge < -0.3 is 19.9 Å². The van der Waals surface area contributed by atoms with E-state index in [9.17, 15) is 20.0 Å². The number of nitriles is 1. The van der Waals surface area contributed by atoms with Gasteiger partial charge in [-0.25, -0.2) is 0 Å². The maximum Gasteiger partial charge on any atom is 0.305 e. The van der Waals surface area contributed by atoms with Crippen molar-refractivity contribution in [2.75, 3.05) is 18.5 Å². The Morgan fingerprint density at radius 2 is 2.16 bits per heavy atom. The second-order valence-electron chi connectivity index (χ2n) is 8.32. The number of phenols is 1. The summed E-state index contributed by atoms with van der Waals surface area (Å²) in [6.07, 6.45) is 2.87. The number of esters is 1. The topological polar surface area (TPSA) is 109 Å². The predicted molar refractivity (Wildman–Crippen MR) is 117 cm³/mol. The van der Waals surface area contributed by atoms with Crippen LogP contribution in [0.2, 0.25) is 0 Å². The first-order valence-corrected chi connectivity index (χ1v) is 10.9. The summed E-state index contributed by atoms with van der Waals surface area (Å²) in [6, 6.07) is 12.4. The van der Waals surface area contributed by atoms with E-state index in [0.29, 0.717) is 56.6 Å². The van der Waals surface area contributed by atoms with Crippen LogP contribution in [-0.2, 0) is 26.2 Å². The number of rotatable bonds is 7. The Balaban J connectivity index is 1.49. The van der Waals surface area contributed by atoms with E-state index < -0.39 is 0 Å². The van der Waals surface area contributed by atoms with Crippen LogP contribution in [0.1, 0.15) is 49.3 Å². The summed E-state index contributed by atoms with van der Waals surface area (Å²) in [4.78, 5) is 24.8. The molecular weight excluding hydrogens is 408 g/mol. The third-order valence-electron chi connectivity index (χ3n) is 6.33. The van der Waals surface area contributed by atoms with Gasteiger partial charge in [0.15, 0.2) is 0 Å². The lowest BCUT2D eigenvalue weighted by Gasteiger charge is -2.27. The number of phenolic OH excluding ortho intramolecular Hbond substituents is 1. The van der Waals surface area contributed by atoms with E-state index in [1.54, 1.807) is 37.3 Å². The third kappa shape index (κ3) is 4.26. The number of ether oxygens (including phenoxy) is 2. The Hall–Kier alpha value is -3.53. The number of aromatic hydroxyl groups is 1. The zero-order valence-electron chi connectivity index (χ0n) is 18.0. The van der Waals surface area contributed by atoms with Gasteiger partial charge in [-0.15, -0.1) is 0 Å². The summed E-state index contributed by atoms with van der Waals surface area (Å²) >= 11 is 0. The summed E-state index contributed by atoms with van der Waals surface area (Å²) in [5.41, 5.74) is 2.49. The van der Waals surface area contributed by atoms with Gasteiger partial charge >= 0.3 is 5.97 Å². The Morgan fingerprint density at radius 3 is 2.94 bits per heavy atom. The number of amides is 1. The Kier molecular flexibility index (Phi) is 6.04. The molecule has 1 spiro atoms. The van der Waals surface area contributed by atoms with Gasteiger partial charge in [0.25, 0.3) is 0 Å². The van der Waals surface area contributed by atoms with E-state index in [-0.39, 0.29) is 29.0 Å². The van der Waals surface area contributed by atoms with E-state index in [2.05, 4.69) is 11.4 Å². The second-order valence-corrected chi connectivity index (χ2v) is 8.32. The fourth-order valence-corrected chi connectivity index (χ4v) is 4.59. The van der Waals surface area contributed by atoms with Crippen LogP contribution in [0.3, 0.4) is 0 Å². The van der Waals surface area contributed by atoms with E-state index in [1.165, 1.54) is 0 Å². The Morgan fingerprint density at radius 1 is 1.31 bits per heavy atom. The highest BCUT2D eigenvalue weighted by molar-refractivity contribution is 5.97. The number of benzene rings is 2. The first kappa shape index (κ1) is 21.7. The van der Waals surface area contributed by atoms with Crippen molar-refractivity contribution in [1.82, 2.24) is 0 Å². The Bertz CT molecular complexity index is 1090. The van der Waals surface area contributed by atoms with Gasteiger partial charge in [-0.2, -0.15) is 5.26 Å². The second kappa shape index (κ2) is 8.91. The molecule has 0 unspecified atom stereocenters. The standard InChI is InChI=1S/C25H26N2O5/c1-2-31-23(29)5-3-4-17-7-6-16(15-26)12-21(17)27-24(30)20-14-25(20)10-11-32-22-9-8-18(28)13-19(22)25/h6-9,12-13,20,28H,2-5,10-11,14H2,1H3,(H,27,30)/t20-,25-/m0/s1. The van der Waals surface area contributed by atoms with Gasteiger partial charge in [0.05, 0.1) is 24.8 Å². The normalized spacial score (nSPS) is 20.6. The molecule has 1 aliphatic heterocycles. The van der Waals surface area contributed by atoms with E-state index in [1.807, 2.05) is 6.07 Å². The van der Waals surface area contributed by atoms with E-state index >= 15 is 0 Å². The Labute approximate surface area is 187 Å². The molecule has 1 aliphatic carbocycles. The molecule has 2 N–H and O–H groups in total. The lowest BCUT2D eigenvalue weighted by Crippen LogP contribution is -2.27. The molecule has 4 rings (SSSR count). The molecule has 2 atom stereocenters. The predicted octanol–water partition coefficient (Wildman–Crippen LogP) is 3.83. The summed E-state index contributed by atoms with van der Waals surface area (Å²) < 4.78 is 10.7. The average Bonchev–Trinajstić information content (AvgIpc) is 3.50. The number of carbonyl (C=O) groups is 2. The molecule has 1 fully saturated rings. The largest absolute Gasteiger partial charge is 0.508 e. The summed E-state index contributed by atoms with van der Waals surface area (Å²) in [5, 5.41) is 22.2. The van der Waals surface area contributed by atoms with Crippen LogP contribution in [0.4, 0.5) is 5.69 Å².